The van der Waals surface area contributed by atoms with Gasteiger partial charge >= 0.3 is 0 Å². The van der Waals surface area contributed by atoms with Crippen LogP contribution in [0, 0.1) is 11.3 Å². The van der Waals surface area contributed by atoms with Gasteiger partial charge in [0.1, 0.15) is 0 Å². The molecule has 2 saturated heterocycles. The molecule has 3 aliphatic rings. The van der Waals surface area contributed by atoms with Crippen LogP contribution in [0.4, 0.5) is 0 Å². The highest BCUT2D eigenvalue weighted by Crippen LogP contribution is 2.42. The Labute approximate surface area is 115 Å². The number of nitrogens with zero attached hydrogens (tertiary/aromatic N) is 2. The maximum absolute atomic E-state index is 12.5. The van der Waals surface area contributed by atoms with Crippen molar-refractivity contribution in [2.75, 3.05) is 46.9 Å². The highest BCUT2D eigenvalue weighted by molar-refractivity contribution is 5.94. The van der Waals surface area contributed by atoms with Crippen molar-refractivity contribution in [1.82, 2.24) is 9.80 Å². The first-order chi connectivity index (χ1) is 9.11. The number of hydrogen-bond donors (Lipinski definition) is 0. The second-order valence-electron chi connectivity index (χ2n) is 6.62. The van der Waals surface area contributed by atoms with E-state index in [1.54, 1.807) is 0 Å². The number of fused-ring (bicyclic) bond motifs is 1. The Bertz CT molecular complexity index is 405. The Hall–Kier alpha value is -0.870. The second-order valence-corrected chi connectivity index (χ2v) is 6.62. The zero-order valence-corrected chi connectivity index (χ0v) is 12.0. The van der Waals surface area contributed by atoms with E-state index in [1.807, 2.05) is 0 Å². The summed E-state index contributed by atoms with van der Waals surface area (Å²) in [6.45, 7) is 4.38. The molecular weight excluding hydrogens is 240 g/mol. The molecule has 2 heterocycles. The predicted molar refractivity (Wildman–Crippen MR) is 73.8 cm³/mol. The largest absolute Gasteiger partial charge is 0.380 e. The molecule has 19 heavy (non-hydrogen) atoms. The van der Waals surface area contributed by atoms with Crippen LogP contribution in [-0.2, 0) is 9.53 Å². The van der Waals surface area contributed by atoms with Crippen LogP contribution in [-0.4, -0.2) is 62.7 Å². The van der Waals surface area contributed by atoms with Crippen molar-refractivity contribution in [3.63, 3.8) is 0 Å². The van der Waals surface area contributed by atoms with Crippen molar-refractivity contribution < 1.29 is 9.53 Å². The first kappa shape index (κ1) is 13.1. The Morgan fingerprint density at radius 2 is 2.42 bits per heavy atom. The second kappa shape index (κ2) is 4.91. The standard InChI is InChI=1S/C15H24N2O2/c1-16(2)9-15-10-17(7-13(15)8-19-11-15)14(18)12-5-3-4-6-12/h5,13H,3-4,6-11H2,1-2H3/t13-,15+/m1/s1. The zero-order valence-electron chi connectivity index (χ0n) is 12.0. The molecule has 0 saturated carbocycles. The molecule has 4 heteroatoms. The quantitative estimate of drug-likeness (QED) is 0.766. The van der Waals surface area contributed by atoms with E-state index in [9.17, 15) is 4.79 Å². The molecule has 0 spiro atoms. The summed E-state index contributed by atoms with van der Waals surface area (Å²) in [7, 11) is 4.21. The third-order valence-electron chi connectivity index (χ3n) is 4.76. The molecule has 1 aliphatic carbocycles. The predicted octanol–water partition coefficient (Wildman–Crippen LogP) is 1.13. The van der Waals surface area contributed by atoms with Gasteiger partial charge in [-0.05, 0) is 33.4 Å². The Kier molecular flexibility index (Phi) is 3.39. The van der Waals surface area contributed by atoms with Gasteiger partial charge in [-0.1, -0.05) is 6.08 Å². The first-order valence-corrected chi connectivity index (χ1v) is 7.31. The average Bonchev–Trinajstić information content (AvgIpc) is 2.99. The smallest absolute Gasteiger partial charge is 0.249 e. The number of likely N-dealkylation sites (tertiary alicyclic amines) is 1. The SMILES string of the molecule is CN(C)C[C@]12COC[C@H]1CN(C(=O)C1=CCCC1)C2. The van der Waals surface area contributed by atoms with Gasteiger partial charge < -0.3 is 14.5 Å². The lowest BCUT2D eigenvalue weighted by atomic mass is 9.81. The molecule has 0 N–H and O–H groups in total. The molecule has 2 atom stereocenters. The van der Waals surface area contributed by atoms with Crippen molar-refractivity contribution in [3.8, 4) is 0 Å². The van der Waals surface area contributed by atoms with Crippen molar-refractivity contribution in [3.05, 3.63) is 11.6 Å². The maximum atomic E-state index is 12.5. The number of hydrogen-bond acceptors (Lipinski definition) is 3. The molecule has 0 unspecified atom stereocenters. The van der Waals surface area contributed by atoms with Gasteiger partial charge in [0.15, 0.2) is 0 Å². The van der Waals surface area contributed by atoms with Crippen LogP contribution in [0.2, 0.25) is 0 Å². The molecule has 0 aromatic carbocycles. The molecule has 106 valence electrons. The lowest BCUT2D eigenvalue weighted by molar-refractivity contribution is -0.127. The van der Waals surface area contributed by atoms with Gasteiger partial charge in [-0.2, -0.15) is 0 Å². The van der Waals surface area contributed by atoms with Gasteiger partial charge in [0.25, 0.3) is 0 Å². The summed E-state index contributed by atoms with van der Waals surface area (Å²) < 4.78 is 5.69. The molecule has 2 fully saturated rings. The van der Waals surface area contributed by atoms with Gasteiger partial charge in [0.2, 0.25) is 5.91 Å². The fourth-order valence-electron chi connectivity index (χ4n) is 3.91. The van der Waals surface area contributed by atoms with E-state index in [1.165, 1.54) is 0 Å². The summed E-state index contributed by atoms with van der Waals surface area (Å²) >= 11 is 0. The monoisotopic (exact) mass is 264 g/mol. The minimum atomic E-state index is 0.165. The van der Waals surface area contributed by atoms with E-state index >= 15 is 0 Å². The van der Waals surface area contributed by atoms with Gasteiger partial charge in [-0.15, -0.1) is 0 Å². The number of carbonyl (C=O) groups excluding carboxylic acids is 1. The number of carbonyl (C=O) groups is 1. The van der Waals surface area contributed by atoms with E-state index in [4.69, 9.17) is 4.74 Å². The van der Waals surface area contributed by atoms with Gasteiger partial charge in [0, 0.05) is 36.5 Å². The fourth-order valence-corrected chi connectivity index (χ4v) is 3.91. The number of rotatable bonds is 3. The van der Waals surface area contributed by atoms with Crippen LogP contribution in [0.1, 0.15) is 19.3 Å². The van der Waals surface area contributed by atoms with E-state index < -0.39 is 0 Å². The van der Waals surface area contributed by atoms with Crippen LogP contribution in [0.25, 0.3) is 0 Å². The molecule has 1 amide bonds. The molecule has 0 radical (unpaired) electrons. The van der Waals surface area contributed by atoms with Gasteiger partial charge in [-0.25, -0.2) is 0 Å². The summed E-state index contributed by atoms with van der Waals surface area (Å²) in [6, 6.07) is 0. The molecule has 2 aliphatic heterocycles. The normalized spacial score (nSPS) is 33.9. The molecular formula is C15H24N2O2. The van der Waals surface area contributed by atoms with Gasteiger partial charge in [-0.3, -0.25) is 4.79 Å². The van der Waals surface area contributed by atoms with Crippen molar-refractivity contribution in [2.24, 2.45) is 11.3 Å². The first-order valence-electron chi connectivity index (χ1n) is 7.31. The molecule has 3 rings (SSSR count). The molecule has 0 aromatic heterocycles. The summed E-state index contributed by atoms with van der Waals surface area (Å²) in [4.78, 5) is 16.8. The van der Waals surface area contributed by atoms with E-state index in [-0.39, 0.29) is 11.3 Å². The lowest BCUT2D eigenvalue weighted by Crippen LogP contribution is -2.41. The van der Waals surface area contributed by atoms with Crippen LogP contribution >= 0.6 is 0 Å². The summed E-state index contributed by atoms with van der Waals surface area (Å²) in [6.07, 6.45) is 5.32. The number of ether oxygens (including phenoxy) is 1. The van der Waals surface area contributed by atoms with Crippen molar-refractivity contribution >= 4 is 5.91 Å². The fraction of sp³-hybridized carbons (Fsp3) is 0.800. The van der Waals surface area contributed by atoms with Crippen LogP contribution in [0.5, 0.6) is 0 Å². The lowest BCUT2D eigenvalue weighted by Gasteiger charge is -2.30. The average molecular weight is 264 g/mol. The molecule has 4 nitrogen and oxygen atoms in total. The van der Waals surface area contributed by atoms with Crippen molar-refractivity contribution in [1.29, 1.82) is 0 Å². The highest BCUT2D eigenvalue weighted by Gasteiger charge is 2.52. The molecule has 0 aromatic rings. The molecule has 0 bridgehead atoms. The Morgan fingerprint density at radius 3 is 3.11 bits per heavy atom. The third-order valence-corrected chi connectivity index (χ3v) is 4.76. The van der Waals surface area contributed by atoms with Crippen LogP contribution < -0.4 is 0 Å². The summed E-state index contributed by atoms with van der Waals surface area (Å²) in [5.41, 5.74) is 1.21. The Balaban J connectivity index is 1.72. The van der Waals surface area contributed by atoms with E-state index in [2.05, 4.69) is 30.0 Å². The number of allylic oxidation sites excluding steroid dienone is 1. The van der Waals surface area contributed by atoms with Gasteiger partial charge in [0.05, 0.1) is 13.2 Å². The minimum Gasteiger partial charge on any atom is -0.380 e. The summed E-state index contributed by atoms with van der Waals surface area (Å²) in [5.74, 6) is 0.797. The van der Waals surface area contributed by atoms with Crippen molar-refractivity contribution in [2.45, 2.75) is 19.3 Å². The van der Waals surface area contributed by atoms with E-state index in [0.29, 0.717) is 5.92 Å². The highest BCUT2D eigenvalue weighted by atomic mass is 16.5. The number of amides is 1. The van der Waals surface area contributed by atoms with E-state index in [0.717, 1.165) is 57.7 Å². The zero-order chi connectivity index (χ0) is 13.5. The minimum absolute atomic E-state index is 0.165. The third kappa shape index (κ3) is 2.32. The topological polar surface area (TPSA) is 32.8 Å². The van der Waals surface area contributed by atoms with Crippen LogP contribution in [0.15, 0.2) is 11.6 Å². The summed E-state index contributed by atoms with van der Waals surface area (Å²) in [5, 5.41) is 0. The maximum Gasteiger partial charge on any atom is 0.249 e. The Morgan fingerprint density at radius 1 is 1.58 bits per heavy atom. The van der Waals surface area contributed by atoms with Crippen LogP contribution in [0.3, 0.4) is 0 Å².